The second-order valence-electron chi connectivity index (χ2n) is 4.99. The van der Waals surface area contributed by atoms with Gasteiger partial charge in [-0.25, -0.2) is 4.79 Å². The number of imide groups is 1. The van der Waals surface area contributed by atoms with E-state index in [1.54, 1.807) is 30.3 Å². The van der Waals surface area contributed by atoms with Crippen molar-refractivity contribution in [1.82, 2.24) is 10.6 Å². The molecule has 1 fully saturated rings. The number of urea groups is 1. The highest BCUT2D eigenvalue weighted by molar-refractivity contribution is 6.09. The standard InChI is InChI=1S/C15H14N2O4/c18-11-7-6-10(8-12(11)19)15(9-4-2-1-3-5-9)13(20)16-14(21)17-15/h1-8,11-12,18-19H,(H2,16,17,20,21)/t11?,12?,15-/m1/s1. The molecule has 108 valence electrons. The molecule has 1 saturated heterocycles. The minimum atomic E-state index is -1.39. The summed E-state index contributed by atoms with van der Waals surface area (Å²) in [6, 6.07) is 8.16. The molecule has 1 aromatic carbocycles. The lowest BCUT2D eigenvalue weighted by Crippen LogP contribution is -2.46. The maximum atomic E-state index is 12.4. The Morgan fingerprint density at radius 3 is 2.33 bits per heavy atom. The van der Waals surface area contributed by atoms with E-state index in [1.807, 2.05) is 0 Å². The van der Waals surface area contributed by atoms with Crippen LogP contribution < -0.4 is 10.6 Å². The summed E-state index contributed by atoms with van der Waals surface area (Å²) in [6.07, 6.45) is 2.15. The molecule has 0 radical (unpaired) electrons. The van der Waals surface area contributed by atoms with Gasteiger partial charge in [0.05, 0.1) is 0 Å². The van der Waals surface area contributed by atoms with Gasteiger partial charge in [-0.2, -0.15) is 0 Å². The molecule has 6 nitrogen and oxygen atoms in total. The van der Waals surface area contributed by atoms with Crippen LogP contribution in [0.25, 0.3) is 0 Å². The molecule has 0 aromatic heterocycles. The van der Waals surface area contributed by atoms with Crippen molar-refractivity contribution < 1.29 is 19.8 Å². The van der Waals surface area contributed by atoms with Crippen LogP contribution in [0.4, 0.5) is 4.79 Å². The normalized spacial score (nSPS) is 31.6. The summed E-state index contributed by atoms with van der Waals surface area (Å²) in [6.45, 7) is 0. The highest BCUT2D eigenvalue weighted by Crippen LogP contribution is 2.35. The average Bonchev–Trinajstić information content (AvgIpc) is 2.78. The number of benzene rings is 1. The van der Waals surface area contributed by atoms with Crippen molar-refractivity contribution in [2.75, 3.05) is 0 Å². The van der Waals surface area contributed by atoms with Gasteiger partial charge in [-0.1, -0.05) is 42.5 Å². The minimum absolute atomic E-state index is 0.412. The summed E-state index contributed by atoms with van der Waals surface area (Å²) in [5.41, 5.74) is -0.404. The highest BCUT2D eigenvalue weighted by Gasteiger charge is 2.50. The van der Waals surface area contributed by atoms with Crippen molar-refractivity contribution in [3.05, 3.63) is 59.7 Å². The summed E-state index contributed by atoms with van der Waals surface area (Å²) in [7, 11) is 0. The molecule has 0 spiro atoms. The van der Waals surface area contributed by atoms with Crippen LogP contribution in [0, 0.1) is 0 Å². The first-order valence-electron chi connectivity index (χ1n) is 6.50. The van der Waals surface area contributed by atoms with E-state index in [-0.39, 0.29) is 0 Å². The number of rotatable bonds is 2. The molecule has 3 amide bonds. The van der Waals surface area contributed by atoms with Crippen LogP contribution in [0.1, 0.15) is 5.56 Å². The van der Waals surface area contributed by atoms with Crippen LogP contribution in [0.2, 0.25) is 0 Å². The monoisotopic (exact) mass is 286 g/mol. The molecule has 3 rings (SSSR count). The van der Waals surface area contributed by atoms with Crippen LogP contribution in [0.15, 0.2) is 54.1 Å². The third-order valence-corrected chi connectivity index (χ3v) is 3.68. The molecule has 21 heavy (non-hydrogen) atoms. The molecular weight excluding hydrogens is 272 g/mol. The first kappa shape index (κ1) is 13.5. The van der Waals surface area contributed by atoms with E-state index in [9.17, 15) is 19.8 Å². The maximum Gasteiger partial charge on any atom is 0.322 e. The van der Waals surface area contributed by atoms with E-state index in [1.165, 1.54) is 18.2 Å². The topological polar surface area (TPSA) is 98.7 Å². The number of nitrogens with one attached hydrogen (secondary N) is 2. The fourth-order valence-corrected chi connectivity index (χ4v) is 2.62. The average molecular weight is 286 g/mol. The van der Waals surface area contributed by atoms with Crippen LogP contribution >= 0.6 is 0 Å². The van der Waals surface area contributed by atoms with E-state index in [4.69, 9.17) is 0 Å². The van der Waals surface area contributed by atoms with Crippen molar-refractivity contribution in [3.63, 3.8) is 0 Å². The van der Waals surface area contributed by atoms with Gasteiger partial charge in [0.2, 0.25) is 0 Å². The number of carbonyl (C=O) groups is 2. The van der Waals surface area contributed by atoms with Gasteiger partial charge in [-0.15, -0.1) is 0 Å². The molecule has 3 atom stereocenters. The fraction of sp³-hybridized carbons (Fsp3) is 0.200. The van der Waals surface area contributed by atoms with Gasteiger partial charge in [-0.3, -0.25) is 10.1 Å². The zero-order valence-corrected chi connectivity index (χ0v) is 11.0. The highest BCUT2D eigenvalue weighted by atomic mass is 16.3. The lowest BCUT2D eigenvalue weighted by Gasteiger charge is -2.31. The van der Waals surface area contributed by atoms with Crippen molar-refractivity contribution in [3.8, 4) is 0 Å². The van der Waals surface area contributed by atoms with Gasteiger partial charge >= 0.3 is 6.03 Å². The Morgan fingerprint density at radius 2 is 1.76 bits per heavy atom. The summed E-state index contributed by atoms with van der Waals surface area (Å²) in [5, 5.41) is 24.2. The Morgan fingerprint density at radius 1 is 1.05 bits per heavy atom. The van der Waals surface area contributed by atoms with Gasteiger partial charge in [0.1, 0.15) is 12.2 Å². The van der Waals surface area contributed by atoms with E-state index in [0.717, 1.165) is 0 Å². The second kappa shape index (κ2) is 4.83. The molecule has 1 heterocycles. The van der Waals surface area contributed by atoms with Crippen LogP contribution in [-0.4, -0.2) is 34.4 Å². The van der Waals surface area contributed by atoms with Gasteiger partial charge in [0.15, 0.2) is 5.54 Å². The smallest absolute Gasteiger partial charge is 0.322 e. The lowest BCUT2D eigenvalue weighted by atomic mass is 9.79. The molecule has 0 bridgehead atoms. The molecule has 4 N–H and O–H groups in total. The summed E-state index contributed by atoms with van der Waals surface area (Å²) in [4.78, 5) is 24.0. The number of aliphatic hydroxyl groups excluding tert-OH is 2. The molecular formula is C15H14N2O4. The largest absolute Gasteiger partial charge is 0.386 e. The van der Waals surface area contributed by atoms with Gasteiger partial charge < -0.3 is 15.5 Å². The minimum Gasteiger partial charge on any atom is -0.386 e. The Hall–Kier alpha value is -2.44. The summed E-state index contributed by atoms with van der Waals surface area (Å²) in [5.74, 6) is -0.516. The lowest BCUT2D eigenvalue weighted by molar-refractivity contribution is -0.123. The summed E-state index contributed by atoms with van der Waals surface area (Å²) >= 11 is 0. The number of amides is 3. The Bertz CT molecular complexity index is 653. The number of aliphatic hydroxyl groups is 2. The van der Waals surface area contributed by atoms with E-state index < -0.39 is 29.7 Å². The van der Waals surface area contributed by atoms with Gasteiger partial charge in [-0.05, 0) is 17.2 Å². The summed E-state index contributed by atoms with van der Waals surface area (Å²) < 4.78 is 0. The zero-order chi connectivity index (χ0) is 15.0. The molecule has 2 unspecified atom stereocenters. The third-order valence-electron chi connectivity index (χ3n) is 3.68. The fourth-order valence-electron chi connectivity index (χ4n) is 2.62. The predicted molar refractivity (Wildman–Crippen MR) is 74.0 cm³/mol. The zero-order valence-electron chi connectivity index (χ0n) is 11.0. The number of carbonyl (C=O) groups excluding carboxylic acids is 2. The van der Waals surface area contributed by atoms with Gasteiger partial charge in [0.25, 0.3) is 5.91 Å². The van der Waals surface area contributed by atoms with Crippen molar-refractivity contribution in [2.45, 2.75) is 17.7 Å². The molecule has 0 saturated carbocycles. The van der Waals surface area contributed by atoms with E-state index >= 15 is 0 Å². The van der Waals surface area contributed by atoms with Crippen LogP contribution in [0.3, 0.4) is 0 Å². The first-order valence-corrected chi connectivity index (χ1v) is 6.50. The Balaban J connectivity index is 2.15. The van der Waals surface area contributed by atoms with Crippen molar-refractivity contribution in [1.29, 1.82) is 0 Å². The predicted octanol–water partition coefficient (Wildman–Crippen LogP) is -0.0607. The van der Waals surface area contributed by atoms with Crippen LogP contribution in [-0.2, 0) is 10.3 Å². The first-order chi connectivity index (χ1) is 10.0. The third kappa shape index (κ3) is 2.05. The molecule has 2 aliphatic rings. The number of hydrogen-bond acceptors (Lipinski definition) is 4. The van der Waals surface area contributed by atoms with Gasteiger partial charge in [0, 0.05) is 0 Å². The van der Waals surface area contributed by atoms with Crippen molar-refractivity contribution >= 4 is 11.9 Å². The second-order valence-corrected chi connectivity index (χ2v) is 4.99. The number of hydrogen-bond donors (Lipinski definition) is 4. The molecule has 1 aliphatic heterocycles. The van der Waals surface area contributed by atoms with Crippen LogP contribution in [0.5, 0.6) is 0 Å². The Labute approximate surface area is 120 Å². The van der Waals surface area contributed by atoms with E-state index in [0.29, 0.717) is 11.1 Å². The molecule has 6 heteroatoms. The molecule has 1 aromatic rings. The maximum absolute atomic E-state index is 12.4. The molecule has 1 aliphatic carbocycles. The quantitative estimate of drug-likeness (QED) is 0.572. The Kier molecular flexibility index (Phi) is 3.12. The van der Waals surface area contributed by atoms with E-state index in [2.05, 4.69) is 10.6 Å². The van der Waals surface area contributed by atoms with Crippen molar-refractivity contribution in [2.24, 2.45) is 0 Å². The SMILES string of the molecule is O=C1NC(=O)[C@](C2=CC(O)C(O)C=C2)(c2ccccc2)N1.